The van der Waals surface area contributed by atoms with E-state index in [1.807, 2.05) is 27.7 Å². The smallest absolute Gasteiger partial charge is 0.344 e. The van der Waals surface area contributed by atoms with Crippen LogP contribution in [0.2, 0.25) is 0 Å². The van der Waals surface area contributed by atoms with Crippen molar-refractivity contribution in [1.82, 2.24) is 0 Å². The van der Waals surface area contributed by atoms with Gasteiger partial charge in [0.25, 0.3) is 0 Å². The Hall–Kier alpha value is -4.40. The molecule has 0 aliphatic heterocycles. The van der Waals surface area contributed by atoms with Gasteiger partial charge in [-0.3, -0.25) is 24.0 Å². The lowest BCUT2D eigenvalue weighted by Gasteiger charge is -2.03. The van der Waals surface area contributed by atoms with E-state index in [2.05, 4.69) is 42.6 Å². The first-order valence-corrected chi connectivity index (χ1v) is 18.4. The minimum Gasteiger partial charge on any atom is -0.466 e. The van der Waals surface area contributed by atoms with Crippen molar-refractivity contribution >= 4 is 47.8 Å². The average Bonchev–Trinajstić information content (AvgIpc) is 3.14. The topological polar surface area (TPSA) is 247 Å². The van der Waals surface area contributed by atoms with Gasteiger partial charge < -0.3 is 56.8 Å². The number of carbonyl (C=O) groups excluding carboxylic acids is 8. The lowest BCUT2D eigenvalue weighted by Crippen LogP contribution is -2.14. The molecule has 340 valence electrons. The maximum absolute atomic E-state index is 10.6. The van der Waals surface area contributed by atoms with E-state index in [4.69, 9.17) is 14.2 Å². The van der Waals surface area contributed by atoms with Crippen LogP contribution in [-0.2, 0) is 95.2 Å². The second-order valence-electron chi connectivity index (χ2n) is 9.05. The summed E-state index contributed by atoms with van der Waals surface area (Å²) in [5.41, 5.74) is 0. The molecule has 0 spiro atoms. The molecule has 0 aromatic rings. The second kappa shape index (κ2) is 60.8. The summed E-state index contributed by atoms with van der Waals surface area (Å²) in [7, 11) is 0. The van der Waals surface area contributed by atoms with Crippen molar-refractivity contribution < 1.29 is 95.2 Å². The van der Waals surface area contributed by atoms with Crippen molar-refractivity contribution in [3.8, 4) is 0 Å². The summed E-state index contributed by atoms with van der Waals surface area (Å²) in [5, 5.41) is 0. The highest BCUT2D eigenvalue weighted by molar-refractivity contribution is 5.75. The van der Waals surface area contributed by atoms with Gasteiger partial charge in [-0.2, -0.15) is 0 Å². The molecule has 20 heteroatoms. The van der Waals surface area contributed by atoms with E-state index in [0.29, 0.717) is 52.7 Å². The van der Waals surface area contributed by atoms with Gasteiger partial charge in [0, 0.05) is 60.5 Å². The molecule has 0 aromatic carbocycles. The molecule has 0 rings (SSSR count). The van der Waals surface area contributed by atoms with Crippen LogP contribution in [0.4, 0.5) is 0 Å². The molecule has 0 aliphatic rings. The predicted octanol–water partition coefficient (Wildman–Crippen LogP) is 3.90. The fraction of sp³-hybridized carbons (Fsp3) is 0.784. The lowest BCUT2D eigenvalue weighted by molar-refractivity contribution is -0.163. The van der Waals surface area contributed by atoms with Gasteiger partial charge in [0.1, 0.15) is 13.2 Å². The van der Waals surface area contributed by atoms with Gasteiger partial charge in [-0.15, -0.1) is 0 Å². The monoisotopic (exact) mass is 836 g/mol. The molecular weight excluding hydrogens is 764 g/mol. The van der Waals surface area contributed by atoms with Crippen LogP contribution in [0.1, 0.15) is 103 Å². The summed E-state index contributed by atoms with van der Waals surface area (Å²) in [4.78, 5) is 81.8. The minimum absolute atomic E-state index is 0.0737. The summed E-state index contributed by atoms with van der Waals surface area (Å²) < 4.78 is 54.7. The van der Waals surface area contributed by atoms with Crippen molar-refractivity contribution in [1.29, 1.82) is 0 Å². The minimum atomic E-state index is -0.516. The Morgan fingerprint density at radius 2 is 0.579 bits per heavy atom. The van der Waals surface area contributed by atoms with Gasteiger partial charge in [-0.05, 0) is 62.3 Å². The molecule has 0 fully saturated rings. The second-order valence-corrected chi connectivity index (χ2v) is 9.05. The Balaban J connectivity index is -0.000000104. The summed E-state index contributed by atoms with van der Waals surface area (Å²) in [6, 6.07) is 0. The molecule has 0 aliphatic carbocycles. The molecule has 0 atom stereocenters. The van der Waals surface area contributed by atoms with Crippen molar-refractivity contribution in [3.63, 3.8) is 0 Å². The van der Waals surface area contributed by atoms with Crippen LogP contribution in [0.3, 0.4) is 0 Å². The van der Waals surface area contributed by atoms with Crippen LogP contribution in [-0.4, -0.2) is 141 Å². The molecular formula is C37H72O20. The zero-order chi connectivity index (χ0) is 45.7. The highest BCUT2D eigenvalue weighted by atomic mass is 16.7. The summed E-state index contributed by atoms with van der Waals surface area (Å²) in [6.45, 7) is 27.7. The van der Waals surface area contributed by atoms with Crippen LogP contribution in [0.25, 0.3) is 0 Å². The average molecular weight is 837 g/mol. The van der Waals surface area contributed by atoms with Crippen molar-refractivity contribution in [2.24, 2.45) is 0 Å². The Kier molecular flexibility index (Phi) is 71.9. The normalized spacial score (nSPS) is 8.67. The van der Waals surface area contributed by atoms with Gasteiger partial charge in [-0.25, -0.2) is 14.4 Å². The van der Waals surface area contributed by atoms with Crippen molar-refractivity contribution in [2.75, 3.05) is 92.9 Å². The van der Waals surface area contributed by atoms with Gasteiger partial charge in [0.15, 0.2) is 20.2 Å². The van der Waals surface area contributed by atoms with E-state index < -0.39 is 23.9 Å². The molecule has 0 saturated heterocycles. The number of hydrogen-bond donors (Lipinski definition) is 0. The standard InChI is InChI=1S/C7H12O5.C6H10O4.C6H12O3.C5H10O3.C5H10O2.C4H8O2.C4H10O/c1-3-11-7(9)4-10-5-12-6(2)8;1-3-9-6(8)4-10-5(2)7;1-3-8-5-6(7)9-4-2;1-3-7-4-8-5(2)6;1-3-5(6)7-4-2;1-3-6-4(2)5;1-3-5-4-2/h3-5H2,1-2H3;3-4H2,1-2H3;3-5H2,1-2H3;3-4H2,1-2H3;3-4H2,1-2H3;3H2,1-2H3;3-4H2,1-2H3. The Morgan fingerprint density at radius 1 is 0.281 bits per heavy atom. The number of carbonyl (C=O) groups is 8. The summed E-state index contributed by atoms with van der Waals surface area (Å²) in [5.74, 6) is -2.84. The van der Waals surface area contributed by atoms with Crippen molar-refractivity contribution in [3.05, 3.63) is 0 Å². The molecule has 0 unspecified atom stereocenters. The molecule has 0 saturated carbocycles. The molecule has 0 radical (unpaired) electrons. The maximum atomic E-state index is 10.6. The number of rotatable bonds is 20. The van der Waals surface area contributed by atoms with Crippen molar-refractivity contribution in [2.45, 2.75) is 103 Å². The van der Waals surface area contributed by atoms with E-state index in [-0.39, 0.29) is 57.3 Å². The maximum Gasteiger partial charge on any atom is 0.344 e. The first kappa shape index (κ1) is 67.4. The molecule has 0 bridgehead atoms. The quantitative estimate of drug-likeness (QED) is 0.0730. The third-order valence-electron chi connectivity index (χ3n) is 4.20. The fourth-order valence-electron chi connectivity index (χ4n) is 2.08. The Bertz CT molecular complexity index is 954. The van der Waals surface area contributed by atoms with Gasteiger partial charge in [0.05, 0.1) is 33.0 Å². The van der Waals surface area contributed by atoms with E-state index >= 15 is 0 Å². The molecule has 0 amide bonds. The van der Waals surface area contributed by atoms with Crippen LogP contribution in [0, 0.1) is 0 Å². The van der Waals surface area contributed by atoms with Crippen LogP contribution >= 0.6 is 0 Å². The third-order valence-corrected chi connectivity index (χ3v) is 4.20. The molecule has 0 N–H and O–H groups in total. The van der Waals surface area contributed by atoms with Gasteiger partial charge >= 0.3 is 47.8 Å². The zero-order valence-electron chi connectivity index (χ0n) is 36.8. The third kappa shape index (κ3) is 100. The first-order valence-electron chi connectivity index (χ1n) is 18.4. The lowest BCUT2D eigenvalue weighted by atomic mass is 10.5. The Morgan fingerprint density at radius 3 is 0.825 bits per heavy atom. The predicted molar refractivity (Wildman–Crippen MR) is 205 cm³/mol. The van der Waals surface area contributed by atoms with Crippen LogP contribution in [0.15, 0.2) is 0 Å². The zero-order valence-corrected chi connectivity index (χ0v) is 36.8. The number of hydrogen-bond acceptors (Lipinski definition) is 20. The molecule has 0 heterocycles. The number of ether oxygens (including phenoxy) is 12. The van der Waals surface area contributed by atoms with E-state index in [0.717, 1.165) is 13.2 Å². The summed E-state index contributed by atoms with van der Waals surface area (Å²) >= 11 is 0. The van der Waals surface area contributed by atoms with Crippen LogP contribution < -0.4 is 0 Å². The van der Waals surface area contributed by atoms with E-state index in [9.17, 15) is 38.4 Å². The Labute approximate surface area is 339 Å². The van der Waals surface area contributed by atoms with Gasteiger partial charge in [0.2, 0.25) is 0 Å². The van der Waals surface area contributed by atoms with Crippen LogP contribution in [0.5, 0.6) is 0 Å². The number of esters is 8. The molecule has 0 aromatic heterocycles. The van der Waals surface area contributed by atoms with E-state index in [1.54, 1.807) is 41.5 Å². The van der Waals surface area contributed by atoms with Gasteiger partial charge in [-0.1, -0.05) is 6.92 Å². The molecule has 20 nitrogen and oxygen atoms in total. The summed E-state index contributed by atoms with van der Waals surface area (Å²) in [6.07, 6.45) is 0.480. The highest BCUT2D eigenvalue weighted by Crippen LogP contribution is 1.84. The molecule has 57 heavy (non-hydrogen) atoms. The van der Waals surface area contributed by atoms with E-state index in [1.165, 1.54) is 27.7 Å². The first-order chi connectivity index (χ1) is 26.9. The largest absolute Gasteiger partial charge is 0.466 e. The fourth-order valence-corrected chi connectivity index (χ4v) is 2.08. The highest BCUT2D eigenvalue weighted by Gasteiger charge is 2.03. The SMILES string of the molecule is CCOC(=O)CC.CCOC(=O)COC(C)=O.CCOC(=O)COCOC(C)=O.CCOC(C)=O.CCOCC.CCOCC(=O)OCC.CCOCOC(C)=O.